The number of hydrogen-bond donors (Lipinski definition) is 2. The molecular weight excluding hydrogens is 424 g/mol. The van der Waals surface area contributed by atoms with Crippen LogP contribution in [0.1, 0.15) is 12.8 Å². The number of hydrogen-bond acceptors (Lipinski definition) is 5. The normalized spacial score (nSPS) is 23.1. The highest BCUT2D eigenvalue weighted by molar-refractivity contribution is 7.89. The molecule has 1 saturated heterocycles. The molecule has 0 aliphatic carbocycles. The average Bonchev–Trinajstić information content (AvgIpc) is 2.74. The number of nitrogens with zero attached hydrogens (tertiary/aromatic N) is 2. The molecule has 1 fully saturated rings. The lowest BCUT2D eigenvalue weighted by atomic mass is 9.86. The summed E-state index contributed by atoms with van der Waals surface area (Å²) in [5.74, 6) is 0.734. The Kier molecular flexibility index (Phi) is 6.02. The summed E-state index contributed by atoms with van der Waals surface area (Å²) in [6, 6.07) is 14.4. The number of ether oxygens (including phenoxy) is 1. The van der Waals surface area contributed by atoms with Gasteiger partial charge in [0.2, 0.25) is 10.0 Å². The van der Waals surface area contributed by atoms with Gasteiger partial charge in [0.05, 0.1) is 29.5 Å². The maximum Gasteiger partial charge on any atom is 0.244 e. The van der Waals surface area contributed by atoms with E-state index in [-0.39, 0.29) is 16.5 Å². The molecule has 4 rings (SSSR count). The second kappa shape index (κ2) is 8.55. The zero-order chi connectivity index (χ0) is 21.2. The lowest BCUT2D eigenvalue weighted by molar-refractivity contribution is 0.207. The van der Waals surface area contributed by atoms with Crippen molar-refractivity contribution >= 4 is 38.8 Å². The van der Waals surface area contributed by atoms with Crippen LogP contribution >= 0.6 is 11.6 Å². The number of anilines is 2. The Hall–Kier alpha value is -2.13. The molecular formula is C21H25ClN4O3S. The Morgan fingerprint density at radius 3 is 2.67 bits per heavy atom. The Bertz CT molecular complexity index is 1060. The first-order chi connectivity index (χ1) is 14.5. The molecule has 0 saturated carbocycles. The fourth-order valence-electron chi connectivity index (χ4n) is 4.01. The molecule has 2 aromatic carbocycles. The molecule has 0 bridgehead atoms. The van der Waals surface area contributed by atoms with Crippen molar-refractivity contribution in [3.63, 3.8) is 0 Å². The zero-order valence-electron chi connectivity index (χ0n) is 16.8. The molecule has 30 heavy (non-hydrogen) atoms. The van der Waals surface area contributed by atoms with E-state index in [1.165, 1.54) is 4.31 Å². The summed E-state index contributed by atoms with van der Waals surface area (Å²) in [6.45, 7) is 1.67. The monoisotopic (exact) mass is 448 g/mol. The van der Waals surface area contributed by atoms with E-state index in [4.69, 9.17) is 21.3 Å². The van der Waals surface area contributed by atoms with Gasteiger partial charge in [-0.3, -0.25) is 4.99 Å². The van der Waals surface area contributed by atoms with Gasteiger partial charge in [0.25, 0.3) is 0 Å². The topological polar surface area (TPSA) is 83.0 Å². The zero-order valence-corrected chi connectivity index (χ0v) is 18.3. The van der Waals surface area contributed by atoms with Gasteiger partial charge < -0.3 is 15.4 Å². The molecule has 9 heteroatoms. The maximum atomic E-state index is 13.4. The lowest BCUT2D eigenvalue weighted by Crippen LogP contribution is -2.62. The fourth-order valence-corrected chi connectivity index (χ4v) is 6.05. The second-order valence-electron chi connectivity index (χ2n) is 7.47. The first-order valence-electron chi connectivity index (χ1n) is 9.89. The van der Waals surface area contributed by atoms with Crippen molar-refractivity contribution in [2.45, 2.75) is 23.3 Å². The number of halogens is 1. The molecule has 0 aromatic heterocycles. The smallest absolute Gasteiger partial charge is 0.244 e. The summed E-state index contributed by atoms with van der Waals surface area (Å²) in [4.78, 5) is 4.86. The largest absolute Gasteiger partial charge is 0.383 e. The van der Waals surface area contributed by atoms with Crippen LogP contribution in [0.3, 0.4) is 0 Å². The highest BCUT2D eigenvalue weighted by Crippen LogP contribution is 2.38. The number of rotatable bonds is 5. The quantitative estimate of drug-likeness (QED) is 0.684. The summed E-state index contributed by atoms with van der Waals surface area (Å²) in [5, 5.41) is 7.24. The van der Waals surface area contributed by atoms with E-state index >= 15 is 0 Å². The van der Waals surface area contributed by atoms with Crippen LogP contribution in [-0.2, 0) is 14.8 Å². The number of benzene rings is 2. The number of sulfonamides is 1. The second-order valence-corrected chi connectivity index (χ2v) is 9.79. The van der Waals surface area contributed by atoms with Crippen molar-refractivity contribution in [2.75, 3.05) is 44.0 Å². The third kappa shape index (κ3) is 3.92. The minimum atomic E-state index is -3.74. The van der Waals surface area contributed by atoms with E-state index in [1.54, 1.807) is 31.4 Å². The molecule has 1 spiro atoms. The number of piperidine rings is 1. The summed E-state index contributed by atoms with van der Waals surface area (Å²) >= 11 is 6.21. The molecule has 1 atom stereocenters. The Balaban J connectivity index is 1.71. The van der Waals surface area contributed by atoms with Gasteiger partial charge in [0.15, 0.2) is 0 Å². The molecule has 2 heterocycles. The van der Waals surface area contributed by atoms with Crippen molar-refractivity contribution in [1.29, 1.82) is 0 Å². The number of fused-ring (bicyclic) bond motifs is 1. The molecule has 0 radical (unpaired) electrons. The molecule has 2 N–H and O–H groups in total. The van der Waals surface area contributed by atoms with E-state index in [2.05, 4.69) is 10.6 Å². The predicted molar refractivity (Wildman–Crippen MR) is 120 cm³/mol. The van der Waals surface area contributed by atoms with Crippen molar-refractivity contribution in [3.05, 3.63) is 53.6 Å². The van der Waals surface area contributed by atoms with Gasteiger partial charge in [-0.2, -0.15) is 4.31 Å². The number of aliphatic imine (C=N–C) groups is 1. The highest BCUT2D eigenvalue weighted by atomic mass is 35.5. The van der Waals surface area contributed by atoms with Crippen LogP contribution in [0.4, 0.5) is 11.4 Å². The van der Waals surface area contributed by atoms with Gasteiger partial charge in [-0.15, -0.1) is 0 Å². The lowest BCUT2D eigenvalue weighted by Gasteiger charge is -2.46. The Morgan fingerprint density at radius 2 is 1.90 bits per heavy atom. The first-order valence-corrected chi connectivity index (χ1v) is 11.7. The Labute approximate surface area is 182 Å². The highest BCUT2D eigenvalue weighted by Gasteiger charge is 2.46. The summed E-state index contributed by atoms with van der Waals surface area (Å²) < 4.78 is 33.4. The number of amidine groups is 1. The third-order valence-electron chi connectivity index (χ3n) is 5.48. The van der Waals surface area contributed by atoms with Crippen LogP contribution in [0.5, 0.6) is 0 Å². The molecule has 2 aromatic rings. The molecule has 2 aliphatic heterocycles. The van der Waals surface area contributed by atoms with Gasteiger partial charge in [0.1, 0.15) is 16.3 Å². The predicted octanol–water partition coefficient (Wildman–Crippen LogP) is 3.45. The van der Waals surface area contributed by atoms with E-state index < -0.39 is 15.6 Å². The molecule has 0 unspecified atom stereocenters. The van der Waals surface area contributed by atoms with Crippen LogP contribution in [0, 0.1) is 0 Å². The molecule has 7 nitrogen and oxygen atoms in total. The number of methoxy groups -OCH3 is 1. The minimum Gasteiger partial charge on any atom is -0.383 e. The molecule has 2 aliphatic rings. The van der Waals surface area contributed by atoms with E-state index in [0.717, 1.165) is 23.6 Å². The van der Waals surface area contributed by atoms with E-state index in [1.807, 2.05) is 24.3 Å². The number of para-hydroxylation sites is 2. The van der Waals surface area contributed by atoms with Crippen LogP contribution in [0.15, 0.2) is 58.4 Å². The average molecular weight is 449 g/mol. The van der Waals surface area contributed by atoms with E-state index in [0.29, 0.717) is 26.1 Å². The van der Waals surface area contributed by atoms with Crippen molar-refractivity contribution in [2.24, 2.45) is 4.99 Å². The molecule has 0 amide bonds. The van der Waals surface area contributed by atoms with Gasteiger partial charge in [0, 0.05) is 20.2 Å². The summed E-state index contributed by atoms with van der Waals surface area (Å²) in [6.07, 6.45) is 1.46. The van der Waals surface area contributed by atoms with Crippen LogP contribution in [-0.4, -0.2) is 57.4 Å². The van der Waals surface area contributed by atoms with Gasteiger partial charge in [-0.05, 0) is 37.1 Å². The van der Waals surface area contributed by atoms with Crippen molar-refractivity contribution < 1.29 is 13.2 Å². The maximum absolute atomic E-state index is 13.4. The van der Waals surface area contributed by atoms with Gasteiger partial charge in [-0.1, -0.05) is 35.9 Å². The van der Waals surface area contributed by atoms with Crippen molar-refractivity contribution in [3.8, 4) is 0 Å². The van der Waals surface area contributed by atoms with Gasteiger partial charge in [-0.25, -0.2) is 8.42 Å². The SMILES string of the molecule is COCCN=C1Nc2ccccc2N[C@@]12CCCN(S(=O)(=O)c1ccccc1Cl)C2. The van der Waals surface area contributed by atoms with Gasteiger partial charge >= 0.3 is 0 Å². The minimum absolute atomic E-state index is 0.130. The van der Waals surface area contributed by atoms with Crippen molar-refractivity contribution in [1.82, 2.24) is 4.31 Å². The first kappa shape index (κ1) is 21.1. The third-order valence-corrected chi connectivity index (χ3v) is 7.83. The summed E-state index contributed by atoms with van der Waals surface area (Å²) in [5.41, 5.74) is 1.21. The van der Waals surface area contributed by atoms with Crippen LogP contribution in [0.2, 0.25) is 5.02 Å². The standard InChI is InChI=1S/C21H25ClN4O3S/c1-29-14-12-23-20-21(25-18-9-4-3-8-17(18)24-20)11-6-13-26(15-21)30(27,28)19-10-5-2-7-16(19)22/h2-5,7-10,25H,6,11-15H2,1H3,(H,23,24)/t21-/m1/s1. The fraction of sp³-hybridized carbons (Fsp3) is 0.381. The van der Waals surface area contributed by atoms with Crippen LogP contribution in [0.25, 0.3) is 0 Å². The van der Waals surface area contributed by atoms with E-state index in [9.17, 15) is 8.42 Å². The molecule has 160 valence electrons. The summed E-state index contributed by atoms with van der Waals surface area (Å²) in [7, 11) is -2.10. The number of nitrogens with one attached hydrogen (secondary N) is 2. The van der Waals surface area contributed by atoms with Crippen LogP contribution < -0.4 is 10.6 Å². The Morgan fingerprint density at radius 1 is 1.17 bits per heavy atom.